The molecular formula is C17H17NO4. The molecule has 0 saturated heterocycles. The van der Waals surface area contributed by atoms with Crippen LogP contribution in [0.15, 0.2) is 48.5 Å². The quantitative estimate of drug-likeness (QED) is 0.647. The van der Waals surface area contributed by atoms with Crippen molar-refractivity contribution in [1.82, 2.24) is 0 Å². The average molecular weight is 299 g/mol. The standard InChI is InChI=1S/C17H17NO4/c1-12(10-17(19)20)9-13-5-7-14(8-6-13)15-3-2-4-16(11-15)18(21)22/h2-8,11-12H,9-10H2,1H3,(H,19,20). The molecule has 0 aromatic heterocycles. The van der Waals surface area contributed by atoms with E-state index in [1.807, 2.05) is 37.3 Å². The second kappa shape index (κ2) is 6.85. The number of carboxylic acids is 1. The number of carbonyl (C=O) groups is 1. The zero-order chi connectivity index (χ0) is 16.1. The maximum absolute atomic E-state index is 10.8. The predicted octanol–water partition coefficient (Wildman–Crippen LogP) is 3.92. The molecule has 1 unspecified atom stereocenters. The largest absolute Gasteiger partial charge is 0.481 e. The third-order valence-corrected chi connectivity index (χ3v) is 3.45. The Morgan fingerprint density at radius 3 is 2.45 bits per heavy atom. The van der Waals surface area contributed by atoms with Crippen molar-refractivity contribution >= 4 is 11.7 Å². The summed E-state index contributed by atoms with van der Waals surface area (Å²) < 4.78 is 0. The minimum atomic E-state index is -0.791. The summed E-state index contributed by atoms with van der Waals surface area (Å²) in [5, 5.41) is 19.6. The van der Waals surface area contributed by atoms with Crippen molar-refractivity contribution in [3.05, 3.63) is 64.2 Å². The van der Waals surface area contributed by atoms with E-state index in [9.17, 15) is 14.9 Å². The first-order valence-corrected chi connectivity index (χ1v) is 7.01. The number of non-ortho nitro benzene ring substituents is 1. The molecule has 2 aromatic rings. The van der Waals surface area contributed by atoms with Crippen molar-refractivity contribution in [2.45, 2.75) is 19.8 Å². The molecule has 1 N–H and O–H groups in total. The molecule has 114 valence electrons. The van der Waals surface area contributed by atoms with E-state index < -0.39 is 10.9 Å². The van der Waals surface area contributed by atoms with Crippen molar-refractivity contribution in [2.75, 3.05) is 0 Å². The number of aliphatic carboxylic acids is 1. The molecule has 0 heterocycles. The van der Waals surface area contributed by atoms with E-state index in [1.54, 1.807) is 12.1 Å². The summed E-state index contributed by atoms with van der Waals surface area (Å²) in [5.41, 5.74) is 2.82. The number of rotatable bonds is 6. The van der Waals surface area contributed by atoms with Crippen molar-refractivity contribution in [3.63, 3.8) is 0 Å². The van der Waals surface area contributed by atoms with Gasteiger partial charge in [-0.25, -0.2) is 0 Å². The number of nitro benzene ring substituents is 1. The third-order valence-electron chi connectivity index (χ3n) is 3.45. The average Bonchev–Trinajstić information content (AvgIpc) is 2.47. The van der Waals surface area contributed by atoms with Gasteiger partial charge in [0.15, 0.2) is 0 Å². The van der Waals surface area contributed by atoms with Gasteiger partial charge in [-0.2, -0.15) is 0 Å². The second-order valence-corrected chi connectivity index (χ2v) is 5.41. The minimum absolute atomic E-state index is 0.0663. The minimum Gasteiger partial charge on any atom is -0.481 e. The summed E-state index contributed by atoms with van der Waals surface area (Å²) >= 11 is 0. The van der Waals surface area contributed by atoms with Gasteiger partial charge >= 0.3 is 5.97 Å². The predicted molar refractivity (Wildman–Crippen MR) is 83.7 cm³/mol. The Hall–Kier alpha value is -2.69. The van der Waals surface area contributed by atoms with Crippen molar-refractivity contribution in [3.8, 4) is 11.1 Å². The normalized spacial score (nSPS) is 11.9. The highest BCUT2D eigenvalue weighted by Crippen LogP contribution is 2.24. The molecule has 0 aliphatic rings. The van der Waals surface area contributed by atoms with Gasteiger partial charge < -0.3 is 5.11 Å². The molecule has 0 aliphatic carbocycles. The van der Waals surface area contributed by atoms with E-state index in [-0.39, 0.29) is 18.0 Å². The molecule has 5 heteroatoms. The van der Waals surface area contributed by atoms with E-state index in [0.29, 0.717) is 6.42 Å². The Morgan fingerprint density at radius 2 is 1.86 bits per heavy atom. The second-order valence-electron chi connectivity index (χ2n) is 5.41. The van der Waals surface area contributed by atoms with Gasteiger partial charge in [0.05, 0.1) is 4.92 Å². The van der Waals surface area contributed by atoms with Crippen LogP contribution in [0.4, 0.5) is 5.69 Å². The molecule has 0 amide bonds. The number of nitrogens with zero attached hydrogens (tertiary/aromatic N) is 1. The molecule has 0 radical (unpaired) electrons. The molecule has 0 fully saturated rings. The Kier molecular flexibility index (Phi) is 4.88. The molecule has 22 heavy (non-hydrogen) atoms. The van der Waals surface area contributed by atoms with Gasteiger partial charge in [0.2, 0.25) is 0 Å². The van der Waals surface area contributed by atoms with E-state index in [1.165, 1.54) is 6.07 Å². The fourth-order valence-corrected chi connectivity index (χ4v) is 2.40. The van der Waals surface area contributed by atoms with Gasteiger partial charge in [0.25, 0.3) is 5.69 Å². The molecule has 0 bridgehead atoms. The Morgan fingerprint density at radius 1 is 1.18 bits per heavy atom. The highest BCUT2D eigenvalue weighted by Gasteiger charge is 2.10. The lowest BCUT2D eigenvalue weighted by Crippen LogP contribution is -2.06. The molecule has 2 rings (SSSR count). The van der Waals surface area contributed by atoms with E-state index in [0.717, 1.165) is 16.7 Å². The highest BCUT2D eigenvalue weighted by atomic mass is 16.6. The summed E-state index contributed by atoms with van der Waals surface area (Å²) in [6.45, 7) is 1.91. The van der Waals surface area contributed by atoms with Crippen LogP contribution in [0.1, 0.15) is 18.9 Å². The highest BCUT2D eigenvalue weighted by molar-refractivity contribution is 5.67. The summed E-state index contributed by atoms with van der Waals surface area (Å²) in [6.07, 6.45) is 0.841. The molecule has 2 aromatic carbocycles. The van der Waals surface area contributed by atoms with Crippen LogP contribution >= 0.6 is 0 Å². The van der Waals surface area contributed by atoms with E-state index in [4.69, 9.17) is 5.11 Å². The number of benzene rings is 2. The summed E-state index contributed by atoms with van der Waals surface area (Å²) in [4.78, 5) is 21.1. The molecular weight excluding hydrogens is 282 g/mol. The monoisotopic (exact) mass is 299 g/mol. The van der Waals surface area contributed by atoms with Gasteiger partial charge in [-0.3, -0.25) is 14.9 Å². The third kappa shape index (κ3) is 4.15. The lowest BCUT2D eigenvalue weighted by atomic mass is 9.96. The van der Waals surface area contributed by atoms with Gasteiger partial charge in [-0.05, 0) is 29.0 Å². The molecule has 5 nitrogen and oxygen atoms in total. The van der Waals surface area contributed by atoms with Crippen LogP contribution in [0.5, 0.6) is 0 Å². The SMILES string of the molecule is CC(CC(=O)O)Cc1ccc(-c2cccc([N+](=O)[O-])c2)cc1. The van der Waals surface area contributed by atoms with E-state index >= 15 is 0 Å². The van der Waals surface area contributed by atoms with Crippen molar-refractivity contribution in [1.29, 1.82) is 0 Å². The lowest BCUT2D eigenvalue weighted by Gasteiger charge is -2.09. The zero-order valence-corrected chi connectivity index (χ0v) is 12.2. The maximum atomic E-state index is 10.8. The van der Waals surface area contributed by atoms with Crippen LogP contribution < -0.4 is 0 Å². The maximum Gasteiger partial charge on any atom is 0.303 e. The zero-order valence-electron chi connectivity index (χ0n) is 12.2. The number of carboxylic acid groups (broad SMARTS) is 1. The van der Waals surface area contributed by atoms with Crippen molar-refractivity contribution in [2.24, 2.45) is 5.92 Å². The van der Waals surface area contributed by atoms with Gasteiger partial charge in [0, 0.05) is 18.6 Å². The van der Waals surface area contributed by atoms with Crippen LogP contribution in [0.25, 0.3) is 11.1 Å². The number of nitro groups is 1. The molecule has 0 aliphatic heterocycles. The smallest absolute Gasteiger partial charge is 0.303 e. The number of hydrogen-bond donors (Lipinski definition) is 1. The van der Waals surface area contributed by atoms with Crippen LogP contribution in [0, 0.1) is 16.0 Å². The molecule has 1 atom stereocenters. The molecule has 0 saturated carbocycles. The van der Waals surface area contributed by atoms with Gasteiger partial charge in [-0.15, -0.1) is 0 Å². The number of hydrogen-bond acceptors (Lipinski definition) is 3. The fourth-order valence-electron chi connectivity index (χ4n) is 2.40. The van der Waals surface area contributed by atoms with Gasteiger partial charge in [0.1, 0.15) is 0 Å². The first-order chi connectivity index (χ1) is 10.5. The summed E-state index contributed by atoms with van der Waals surface area (Å²) in [6, 6.07) is 14.2. The van der Waals surface area contributed by atoms with Gasteiger partial charge in [-0.1, -0.05) is 43.3 Å². The van der Waals surface area contributed by atoms with Crippen molar-refractivity contribution < 1.29 is 14.8 Å². The topological polar surface area (TPSA) is 80.4 Å². The first-order valence-electron chi connectivity index (χ1n) is 7.01. The van der Waals surface area contributed by atoms with Crippen LogP contribution in [0.3, 0.4) is 0 Å². The Bertz CT molecular complexity index is 679. The van der Waals surface area contributed by atoms with Crippen LogP contribution in [-0.2, 0) is 11.2 Å². The van der Waals surface area contributed by atoms with Crippen LogP contribution in [0.2, 0.25) is 0 Å². The fraction of sp³-hybridized carbons (Fsp3) is 0.235. The van der Waals surface area contributed by atoms with Crippen LogP contribution in [-0.4, -0.2) is 16.0 Å². The summed E-state index contributed by atoms with van der Waals surface area (Å²) in [7, 11) is 0. The lowest BCUT2D eigenvalue weighted by molar-refractivity contribution is -0.384. The Labute approximate surface area is 128 Å². The molecule has 0 spiro atoms. The summed E-state index contributed by atoms with van der Waals surface area (Å²) in [5.74, 6) is -0.720. The Balaban J connectivity index is 2.13. The van der Waals surface area contributed by atoms with E-state index in [2.05, 4.69) is 0 Å². The first kappa shape index (κ1) is 15.7.